The molecule has 0 bridgehead atoms. The van der Waals surface area contributed by atoms with Crippen molar-refractivity contribution in [2.24, 2.45) is 0 Å². The molecular formula is C11H11BrN4. The average molecular weight is 279 g/mol. The summed E-state index contributed by atoms with van der Waals surface area (Å²) < 4.78 is 0.700. The molecule has 82 valence electrons. The fraction of sp³-hybridized carbons (Fsp3) is 0.0909. The standard InChI is InChI=1S/C11H11BrN4/c12-9-10(13)15-7-16-11(9)14-6-8-4-2-1-3-5-8/h1-5,7H,6H2,(H3,13,14,15,16). The maximum Gasteiger partial charge on any atom is 0.146 e. The predicted octanol–water partition coefficient (Wildman–Crippen LogP) is 2.43. The van der Waals surface area contributed by atoms with Gasteiger partial charge in [0.25, 0.3) is 0 Å². The number of hydrogen-bond acceptors (Lipinski definition) is 4. The minimum absolute atomic E-state index is 0.436. The van der Waals surface area contributed by atoms with Gasteiger partial charge in [-0.15, -0.1) is 0 Å². The van der Waals surface area contributed by atoms with Gasteiger partial charge in [-0.1, -0.05) is 30.3 Å². The van der Waals surface area contributed by atoms with Gasteiger partial charge >= 0.3 is 0 Å². The van der Waals surface area contributed by atoms with E-state index in [0.717, 1.165) is 0 Å². The van der Waals surface area contributed by atoms with Crippen LogP contribution in [0.3, 0.4) is 0 Å². The first-order valence-electron chi connectivity index (χ1n) is 4.81. The quantitative estimate of drug-likeness (QED) is 0.905. The number of aromatic nitrogens is 2. The number of nitrogens with one attached hydrogen (secondary N) is 1. The molecule has 0 unspecified atom stereocenters. The number of hydrogen-bond donors (Lipinski definition) is 2. The molecule has 0 atom stereocenters. The summed E-state index contributed by atoms with van der Waals surface area (Å²) in [6.07, 6.45) is 1.44. The van der Waals surface area contributed by atoms with Crippen LogP contribution in [-0.2, 0) is 6.54 Å². The highest BCUT2D eigenvalue weighted by molar-refractivity contribution is 9.10. The van der Waals surface area contributed by atoms with E-state index in [0.29, 0.717) is 22.7 Å². The molecule has 0 amide bonds. The predicted molar refractivity (Wildman–Crippen MR) is 67.9 cm³/mol. The molecule has 2 aromatic rings. The summed E-state index contributed by atoms with van der Waals surface area (Å²) in [5.41, 5.74) is 6.84. The molecule has 1 heterocycles. The van der Waals surface area contributed by atoms with Crippen molar-refractivity contribution in [2.45, 2.75) is 6.54 Å². The van der Waals surface area contributed by atoms with E-state index in [1.807, 2.05) is 30.3 Å². The number of benzene rings is 1. The first kappa shape index (κ1) is 10.9. The van der Waals surface area contributed by atoms with Gasteiger partial charge in [0.1, 0.15) is 22.4 Å². The van der Waals surface area contributed by atoms with Crippen molar-refractivity contribution >= 4 is 27.6 Å². The van der Waals surface area contributed by atoms with Gasteiger partial charge in [-0.05, 0) is 21.5 Å². The Morgan fingerprint density at radius 2 is 1.94 bits per heavy atom. The molecule has 0 aliphatic heterocycles. The van der Waals surface area contributed by atoms with Crippen molar-refractivity contribution < 1.29 is 0 Å². The lowest BCUT2D eigenvalue weighted by Crippen LogP contribution is -2.04. The first-order chi connectivity index (χ1) is 7.77. The molecular weight excluding hydrogens is 268 g/mol. The zero-order valence-corrected chi connectivity index (χ0v) is 10.1. The number of anilines is 2. The maximum atomic E-state index is 5.65. The lowest BCUT2D eigenvalue weighted by molar-refractivity contribution is 1.08. The van der Waals surface area contributed by atoms with Crippen LogP contribution in [0.5, 0.6) is 0 Å². The minimum Gasteiger partial charge on any atom is -0.383 e. The highest BCUT2D eigenvalue weighted by Crippen LogP contribution is 2.24. The fourth-order valence-electron chi connectivity index (χ4n) is 1.29. The van der Waals surface area contributed by atoms with Crippen LogP contribution in [-0.4, -0.2) is 9.97 Å². The topological polar surface area (TPSA) is 63.8 Å². The Morgan fingerprint density at radius 1 is 1.19 bits per heavy atom. The van der Waals surface area contributed by atoms with Crippen LogP contribution in [0.1, 0.15) is 5.56 Å². The lowest BCUT2D eigenvalue weighted by atomic mass is 10.2. The molecule has 1 aromatic heterocycles. The SMILES string of the molecule is Nc1ncnc(NCc2ccccc2)c1Br. The molecule has 16 heavy (non-hydrogen) atoms. The second kappa shape index (κ2) is 4.94. The molecule has 0 saturated carbocycles. The van der Waals surface area contributed by atoms with Crippen LogP contribution in [0.2, 0.25) is 0 Å². The third-order valence-electron chi connectivity index (χ3n) is 2.12. The molecule has 2 rings (SSSR count). The van der Waals surface area contributed by atoms with Crippen molar-refractivity contribution in [3.63, 3.8) is 0 Å². The van der Waals surface area contributed by atoms with Crippen molar-refractivity contribution in [3.05, 3.63) is 46.7 Å². The molecule has 0 radical (unpaired) electrons. The van der Waals surface area contributed by atoms with E-state index in [4.69, 9.17) is 5.73 Å². The van der Waals surface area contributed by atoms with E-state index in [1.54, 1.807) is 0 Å². The molecule has 0 spiro atoms. The third kappa shape index (κ3) is 2.49. The van der Waals surface area contributed by atoms with Crippen molar-refractivity contribution in [2.75, 3.05) is 11.1 Å². The molecule has 4 nitrogen and oxygen atoms in total. The van der Waals surface area contributed by atoms with E-state index in [2.05, 4.69) is 31.2 Å². The minimum atomic E-state index is 0.436. The molecule has 0 aliphatic carbocycles. The number of nitrogens with zero attached hydrogens (tertiary/aromatic N) is 2. The van der Waals surface area contributed by atoms with Gasteiger partial charge in [-0.2, -0.15) is 0 Å². The zero-order chi connectivity index (χ0) is 11.4. The van der Waals surface area contributed by atoms with E-state index < -0.39 is 0 Å². The molecule has 3 N–H and O–H groups in total. The summed E-state index contributed by atoms with van der Waals surface area (Å²) in [5.74, 6) is 1.14. The second-order valence-electron chi connectivity index (χ2n) is 3.26. The van der Waals surface area contributed by atoms with Gasteiger partial charge < -0.3 is 11.1 Å². The normalized spacial score (nSPS) is 10.1. The van der Waals surface area contributed by atoms with E-state index in [1.165, 1.54) is 11.9 Å². The smallest absolute Gasteiger partial charge is 0.146 e. The summed E-state index contributed by atoms with van der Waals surface area (Å²) in [6.45, 7) is 0.704. The fourth-order valence-corrected chi connectivity index (χ4v) is 1.63. The summed E-state index contributed by atoms with van der Waals surface area (Å²) >= 11 is 3.34. The summed E-state index contributed by atoms with van der Waals surface area (Å²) in [5, 5.41) is 3.19. The van der Waals surface area contributed by atoms with Crippen molar-refractivity contribution in [3.8, 4) is 0 Å². The molecule has 0 fully saturated rings. The Bertz CT molecular complexity index is 473. The number of nitrogen functional groups attached to an aromatic ring is 1. The van der Waals surface area contributed by atoms with Gasteiger partial charge in [-0.25, -0.2) is 9.97 Å². The number of nitrogens with two attached hydrogens (primary N) is 1. The second-order valence-corrected chi connectivity index (χ2v) is 4.05. The van der Waals surface area contributed by atoms with Gasteiger partial charge in [0.2, 0.25) is 0 Å². The molecule has 5 heteroatoms. The van der Waals surface area contributed by atoms with E-state index >= 15 is 0 Å². The van der Waals surface area contributed by atoms with Crippen LogP contribution in [0.4, 0.5) is 11.6 Å². The van der Waals surface area contributed by atoms with Gasteiger partial charge in [0, 0.05) is 6.54 Å². The van der Waals surface area contributed by atoms with Crippen LogP contribution in [0.15, 0.2) is 41.1 Å². The lowest BCUT2D eigenvalue weighted by Gasteiger charge is -2.08. The average Bonchev–Trinajstić information content (AvgIpc) is 2.32. The van der Waals surface area contributed by atoms with Crippen molar-refractivity contribution in [1.82, 2.24) is 9.97 Å². The first-order valence-corrected chi connectivity index (χ1v) is 5.60. The molecule has 1 aromatic carbocycles. The zero-order valence-electron chi connectivity index (χ0n) is 8.52. The Morgan fingerprint density at radius 3 is 2.69 bits per heavy atom. The maximum absolute atomic E-state index is 5.65. The largest absolute Gasteiger partial charge is 0.383 e. The third-order valence-corrected chi connectivity index (χ3v) is 2.90. The molecule has 0 saturated heterocycles. The number of halogens is 1. The highest BCUT2D eigenvalue weighted by atomic mass is 79.9. The summed E-state index contributed by atoms with van der Waals surface area (Å²) in [4.78, 5) is 7.98. The molecule has 0 aliphatic rings. The van der Waals surface area contributed by atoms with Gasteiger partial charge in [-0.3, -0.25) is 0 Å². The van der Waals surface area contributed by atoms with E-state index in [-0.39, 0.29) is 0 Å². The van der Waals surface area contributed by atoms with Crippen molar-refractivity contribution in [1.29, 1.82) is 0 Å². The Kier molecular flexibility index (Phi) is 3.36. The van der Waals surface area contributed by atoms with Crippen LogP contribution >= 0.6 is 15.9 Å². The Labute approximate surface area is 102 Å². The van der Waals surface area contributed by atoms with Gasteiger partial charge in [0.15, 0.2) is 0 Å². The van der Waals surface area contributed by atoms with E-state index in [9.17, 15) is 0 Å². The Balaban J connectivity index is 2.08. The Hall–Kier alpha value is -1.62. The highest BCUT2D eigenvalue weighted by Gasteiger charge is 2.04. The summed E-state index contributed by atoms with van der Waals surface area (Å²) in [6, 6.07) is 10.1. The van der Waals surface area contributed by atoms with Crippen LogP contribution in [0, 0.1) is 0 Å². The van der Waals surface area contributed by atoms with Gasteiger partial charge in [0.05, 0.1) is 0 Å². The summed E-state index contributed by atoms with van der Waals surface area (Å²) in [7, 11) is 0. The monoisotopic (exact) mass is 278 g/mol. The van der Waals surface area contributed by atoms with Crippen LogP contribution in [0.25, 0.3) is 0 Å². The van der Waals surface area contributed by atoms with Crippen LogP contribution < -0.4 is 11.1 Å². The number of rotatable bonds is 3.